The molecule has 58 heavy (non-hydrogen) atoms. The van der Waals surface area contributed by atoms with E-state index in [0.717, 1.165) is 32.1 Å². The summed E-state index contributed by atoms with van der Waals surface area (Å²) in [6, 6.07) is -0.617. The fourth-order valence-corrected chi connectivity index (χ4v) is 8.09. The van der Waals surface area contributed by atoms with Crippen molar-refractivity contribution in [3.63, 3.8) is 0 Å². The Morgan fingerprint density at radius 3 is 1.03 bits per heavy atom. The Kier molecular flexibility index (Phi) is 48.8. The maximum Gasteiger partial charge on any atom is 0.220 e. The second-order valence-corrected chi connectivity index (χ2v) is 17.9. The summed E-state index contributed by atoms with van der Waals surface area (Å²) in [7, 11) is 0. The summed E-state index contributed by atoms with van der Waals surface area (Å²) in [4.78, 5) is 12.4. The van der Waals surface area contributed by atoms with Crippen molar-refractivity contribution in [1.82, 2.24) is 5.32 Å². The van der Waals surface area contributed by atoms with Crippen LogP contribution in [0.3, 0.4) is 0 Å². The first kappa shape index (κ1) is 56.6. The fourth-order valence-electron chi connectivity index (χ4n) is 8.09. The predicted octanol–water partition coefficient (Wildman–Crippen LogP) is 16.9. The van der Waals surface area contributed by atoms with Gasteiger partial charge in [-0.25, -0.2) is 0 Å². The first-order chi connectivity index (χ1) is 28.7. The van der Waals surface area contributed by atoms with E-state index in [9.17, 15) is 15.0 Å². The average molecular weight is 814 g/mol. The van der Waals surface area contributed by atoms with Crippen molar-refractivity contribution in [1.29, 1.82) is 0 Å². The zero-order chi connectivity index (χ0) is 42.1. The number of hydrogen-bond donors (Lipinski definition) is 3. The largest absolute Gasteiger partial charge is 0.394 e. The van der Waals surface area contributed by atoms with Crippen LogP contribution in [0.15, 0.2) is 36.5 Å². The fraction of sp³-hybridized carbons (Fsp3) is 0.870. The molecule has 0 spiro atoms. The zero-order valence-electron chi connectivity index (χ0n) is 39.3. The van der Waals surface area contributed by atoms with Crippen LogP contribution in [0.4, 0.5) is 0 Å². The topological polar surface area (TPSA) is 69.6 Å². The van der Waals surface area contributed by atoms with E-state index >= 15 is 0 Å². The van der Waals surface area contributed by atoms with Crippen molar-refractivity contribution in [3.05, 3.63) is 36.5 Å². The van der Waals surface area contributed by atoms with Crippen LogP contribution in [0.1, 0.15) is 284 Å². The second kappa shape index (κ2) is 50.0. The van der Waals surface area contributed by atoms with Gasteiger partial charge in [0.1, 0.15) is 0 Å². The number of nitrogens with one attached hydrogen (secondary N) is 1. The van der Waals surface area contributed by atoms with E-state index in [1.165, 1.54) is 231 Å². The van der Waals surface area contributed by atoms with Gasteiger partial charge in [0.15, 0.2) is 0 Å². The smallest absolute Gasteiger partial charge is 0.220 e. The first-order valence-corrected chi connectivity index (χ1v) is 26.2. The van der Waals surface area contributed by atoms with Gasteiger partial charge in [0.05, 0.1) is 18.8 Å². The minimum atomic E-state index is -0.834. The highest BCUT2D eigenvalue weighted by atomic mass is 16.3. The Hall–Kier alpha value is -1.39. The number of hydrogen-bond acceptors (Lipinski definition) is 3. The van der Waals surface area contributed by atoms with Crippen molar-refractivity contribution in [2.24, 2.45) is 0 Å². The maximum atomic E-state index is 12.4. The van der Waals surface area contributed by atoms with Crippen molar-refractivity contribution in [2.75, 3.05) is 6.61 Å². The summed E-state index contributed by atoms with van der Waals surface area (Å²) in [6.45, 7) is 4.28. The van der Waals surface area contributed by atoms with Gasteiger partial charge in [-0.2, -0.15) is 0 Å². The van der Waals surface area contributed by atoms with E-state index in [1.807, 2.05) is 6.08 Å². The highest BCUT2D eigenvalue weighted by Gasteiger charge is 2.18. The zero-order valence-corrected chi connectivity index (χ0v) is 39.3. The van der Waals surface area contributed by atoms with Gasteiger partial charge in [-0.3, -0.25) is 4.79 Å². The number of carbonyl (C=O) groups is 1. The minimum Gasteiger partial charge on any atom is -0.394 e. The van der Waals surface area contributed by atoms with Crippen LogP contribution in [-0.4, -0.2) is 34.9 Å². The van der Waals surface area contributed by atoms with Crippen LogP contribution in [-0.2, 0) is 4.79 Å². The Morgan fingerprint density at radius 1 is 0.414 bits per heavy atom. The summed E-state index contributed by atoms with van der Waals surface area (Å²) >= 11 is 0. The molecule has 0 saturated carbocycles. The number of unbranched alkanes of at least 4 members (excludes halogenated alkanes) is 37. The number of amides is 1. The molecule has 1 amide bonds. The number of rotatable bonds is 48. The van der Waals surface area contributed by atoms with Crippen LogP contribution in [0.2, 0.25) is 0 Å². The minimum absolute atomic E-state index is 0.0624. The van der Waals surface area contributed by atoms with Gasteiger partial charge in [0.2, 0.25) is 5.91 Å². The lowest BCUT2D eigenvalue weighted by Gasteiger charge is -2.20. The molecule has 0 aliphatic heterocycles. The van der Waals surface area contributed by atoms with Gasteiger partial charge in [0, 0.05) is 6.42 Å². The molecule has 3 N–H and O–H groups in total. The van der Waals surface area contributed by atoms with Crippen LogP contribution < -0.4 is 5.32 Å². The summed E-state index contributed by atoms with van der Waals surface area (Å²) in [5.74, 6) is -0.0624. The van der Waals surface area contributed by atoms with E-state index in [2.05, 4.69) is 43.5 Å². The van der Waals surface area contributed by atoms with Crippen LogP contribution in [0.5, 0.6) is 0 Å². The molecule has 0 aromatic carbocycles. The molecular weight excluding hydrogens is 711 g/mol. The lowest BCUT2D eigenvalue weighted by atomic mass is 10.0. The van der Waals surface area contributed by atoms with E-state index in [-0.39, 0.29) is 12.5 Å². The lowest BCUT2D eigenvalue weighted by molar-refractivity contribution is -0.123. The number of allylic oxidation sites excluding steroid dienone is 5. The molecule has 0 aromatic rings. The van der Waals surface area contributed by atoms with Crippen LogP contribution in [0, 0.1) is 0 Å². The first-order valence-electron chi connectivity index (χ1n) is 26.2. The molecular formula is C54H103NO3. The van der Waals surface area contributed by atoms with Crippen LogP contribution >= 0.6 is 0 Å². The third-order valence-corrected chi connectivity index (χ3v) is 12.1. The van der Waals surface area contributed by atoms with Gasteiger partial charge < -0.3 is 15.5 Å². The lowest BCUT2D eigenvalue weighted by Crippen LogP contribution is -2.45. The number of carbonyl (C=O) groups excluding carboxylic acids is 1. The van der Waals surface area contributed by atoms with E-state index < -0.39 is 12.1 Å². The standard InChI is InChI=1S/C54H103NO3/c1-3-5-7-9-11-13-14-15-16-17-18-19-20-21-22-23-24-25-26-27-28-29-30-31-32-33-34-35-36-37-38-39-40-42-44-46-48-50-54(58)55-52(51-56)53(57)49-47-45-43-41-12-10-8-6-4-2/h14-15,17-18,47,49,52-53,56-57H,3-13,16,19-46,48,50-51H2,1-2H3,(H,55,58)/b15-14-,18-17-,49-47+. The molecule has 0 aliphatic rings. The van der Waals surface area contributed by atoms with Crippen molar-refractivity contribution < 1.29 is 15.0 Å². The molecule has 0 bridgehead atoms. The third kappa shape index (κ3) is 45.7. The Balaban J connectivity index is 3.35. The molecule has 0 saturated heterocycles. The average Bonchev–Trinajstić information content (AvgIpc) is 3.23. The van der Waals surface area contributed by atoms with E-state index in [0.29, 0.717) is 6.42 Å². The Bertz CT molecular complexity index is 882. The Morgan fingerprint density at radius 2 is 0.707 bits per heavy atom. The maximum absolute atomic E-state index is 12.4. The van der Waals surface area contributed by atoms with E-state index in [1.54, 1.807) is 6.08 Å². The van der Waals surface area contributed by atoms with Gasteiger partial charge in [-0.1, -0.05) is 262 Å². The molecule has 0 heterocycles. The molecule has 0 aliphatic carbocycles. The number of aliphatic hydroxyl groups excluding tert-OH is 2. The molecule has 2 atom stereocenters. The molecule has 2 unspecified atom stereocenters. The van der Waals surface area contributed by atoms with Crippen molar-refractivity contribution in [2.45, 2.75) is 296 Å². The SMILES string of the molecule is CCCCCCC/C=C\C/C=C\CCCCCCCCCCCCCCCCCCCCCCCCCCCC(=O)NC(CO)C(O)/C=C/CCCCCCCCC. The van der Waals surface area contributed by atoms with Crippen molar-refractivity contribution in [3.8, 4) is 0 Å². The highest BCUT2D eigenvalue weighted by molar-refractivity contribution is 5.76. The molecule has 0 radical (unpaired) electrons. The quantitative estimate of drug-likeness (QED) is 0.0423. The summed E-state index contributed by atoms with van der Waals surface area (Å²) in [5.41, 5.74) is 0. The molecule has 4 nitrogen and oxygen atoms in total. The summed E-state index contributed by atoms with van der Waals surface area (Å²) < 4.78 is 0. The van der Waals surface area contributed by atoms with Gasteiger partial charge in [-0.05, 0) is 51.4 Å². The van der Waals surface area contributed by atoms with Gasteiger partial charge in [0.25, 0.3) is 0 Å². The highest BCUT2D eigenvalue weighted by Crippen LogP contribution is 2.17. The number of aliphatic hydroxyl groups is 2. The Labute approximate surface area is 363 Å². The molecule has 0 rings (SSSR count). The second-order valence-electron chi connectivity index (χ2n) is 17.9. The molecule has 4 heteroatoms. The van der Waals surface area contributed by atoms with Crippen LogP contribution in [0.25, 0.3) is 0 Å². The van der Waals surface area contributed by atoms with E-state index in [4.69, 9.17) is 0 Å². The van der Waals surface area contributed by atoms with Gasteiger partial charge >= 0.3 is 0 Å². The predicted molar refractivity (Wildman–Crippen MR) is 258 cm³/mol. The normalized spacial score (nSPS) is 13.1. The van der Waals surface area contributed by atoms with Crippen molar-refractivity contribution >= 4 is 5.91 Å². The summed E-state index contributed by atoms with van der Waals surface area (Å²) in [6.07, 6.45) is 67.5. The monoisotopic (exact) mass is 814 g/mol. The molecule has 0 fully saturated rings. The molecule has 342 valence electrons. The third-order valence-electron chi connectivity index (χ3n) is 12.1. The molecule has 0 aromatic heterocycles. The summed E-state index contributed by atoms with van der Waals surface area (Å²) in [5, 5.41) is 22.9. The van der Waals surface area contributed by atoms with Gasteiger partial charge in [-0.15, -0.1) is 0 Å².